The Balaban J connectivity index is 3.02. The van der Waals surface area contributed by atoms with Gasteiger partial charge >= 0.3 is 0 Å². The van der Waals surface area contributed by atoms with E-state index in [9.17, 15) is 4.79 Å². The second-order valence-corrected chi connectivity index (χ2v) is 3.58. The predicted molar refractivity (Wildman–Crippen MR) is 57.4 cm³/mol. The first kappa shape index (κ1) is 10.3. The highest BCUT2D eigenvalue weighted by molar-refractivity contribution is 9.10. The summed E-state index contributed by atoms with van der Waals surface area (Å²) in [5.41, 5.74) is 5.78. The fourth-order valence-corrected chi connectivity index (χ4v) is 1.40. The third-order valence-electron chi connectivity index (χ3n) is 1.41. The summed E-state index contributed by atoms with van der Waals surface area (Å²) in [4.78, 5) is 10.5. The SMILES string of the molecule is NC(=O)C=Cc1cccc(Cl)c1Br. The minimum Gasteiger partial charge on any atom is -0.366 e. The van der Waals surface area contributed by atoms with E-state index in [0.717, 1.165) is 10.0 Å². The van der Waals surface area contributed by atoms with Crippen molar-refractivity contribution in [3.63, 3.8) is 0 Å². The van der Waals surface area contributed by atoms with Crippen LogP contribution in [0.2, 0.25) is 5.02 Å². The van der Waals surface area contributed by atoms with Gasteiger partial charge in [0.1, 0.15) is 0 Å². The van der Waals surface area contributed by atoms with E-state index in [-0.39, 0.29) is 0 Å². The summed E-state index contributed by atoms with van der Waals surface area (Å²) < 4.78 is 0.758. The molecule has 2 nitrogen and oxygen atoms in total. The molecule has 68 valence electrons. The predicted octanol–water partition coefficient (Wildman–Crippen LogP) is 2.60. The van der Waals surface area contributed by atoms with Crippen LogP contribution < -0.4 is 5.73 Å². The van der Waals surface area contributed by atoms with Crippen LogP contribution in [0.4, 0.5) is 0 Å². The van der Waals surface area contributed by atoms with Crippen LogP contribution >= 0.6 is 27.5 Å². The highest BCUT2D eigenvalue weighted by Gasteiger charge is 1.99. The molecule has 0 aliphatic carbocycles. The second-order valence-electron chi connectivity index (χ2n) is 2.38. The molecule has 13 heavy (non-hydrogen) atoms. The van der Waals surface area contributed by atoms with Crippen molar-refractivity contribution < 1.29 is 4.79 Å². The highest BCUT2D eigenvalue weighted by Crippen LogP contribution is 2.26. The average Bonchev–Trinajstić information content (AvgIpc) is 2.07. The zero-order valence-electron chi connectivity index (χ0n) is 6.63. The standard InChI is InChI=1S/C9H7BrClNO/c10-9-6(4-5-8(12)13)2-1-3-7(9)11/h1-5H,(H2,12,13). The fourth-order valence-electron chi connectivity index (χ4n) is 0.821. The number of nitrogens with two attached hydrogens (primary N) is 1. The number of benzene rings is 1. The lowest BCUT2D eigenvalue weighted by Gasteiger charge is -1.99. The minimum atomic E-state index is -0.480. The lowest BCUT2D eigenvalue weighted by molar-refractivity contribution is -0.113. The van der Waals surface area contributed by atoms with E-state index in [1.54, 1.807) is 18.2 Å². The zero-order chi connectivity index (χ0) is 9.84. The van der Waals surface area contributed by atoms with Crippen LogP contribution in [0, 0.1) is 0 Å². The molecule has 0 bridgehead atoms. The van der Waals surface area contributed by atoms with Gasteiger partial charge in [-0.2, -0.15) is 0 Å². The van der Waals surface area contributed by atoms with E-state index in [0.29, 0.717) is 5.02 Å². The van der Waals surface area contributed by atoms with Gasteiger partial charge in [-0.25, -0.2) is 0 Å². The minimum absolute atomic E-state index is 0.480. The van der Waals surface area contributed by atoms with Gasteiger partial charge in [-0.05, 0) is 33.6 Å². The first-order valence-corrected chi connectivity index (χ1v) is 4.70. The van der Waals surface area contributed by atoms with Crippen LogP contribution in [0.3, 0.4) is 0 Å². The largest absolute Gasteiger partial charge is 0.366 e. The van der Waals surface area contributed by atoms with Gasteiger partial charge in [0.05, 0.1) is 5.02 Å². The Morgan fingerprint density at radius 3 is 2.85 bits per heavy atom. The molecule has 0 radical (unpaired) electrons. The van der Waals surface area contributed by atoms with E-state index in [1.807, 2.05) is 6.07 Å². The summed E-state index contributed by atoms with van der Waals surface area (Å²) in [7, 11) is 0. The molecule has 0 fully saturated rings. The highest BCUT2D eigenvalue weighted by atomic mass is 79.9. The van der Waals surface area contributed by atoms with Gasteiger partial charge in [-0.15, -0.1) is 0 Å². The summed E-state index contributed by atoms with van der Waals surface area (Å²) in [6.45, 7) is 0. The van der Waals surface area contributed by atoms with Crippen LogP contribution in [-0.2, 0) is 4.79 Å². The number of amides is 1. The zero-order valence-corrected chi connectivity index (χ0v) is 8.97. The van der Waals surface area contributed by atoms with E-state index < -0.39 is 5.91 Å². The van der Waals surface area contributed by atoms with Crippen molar-refractivity contribution in [1.82, 2.24) is 0 Å². The monoisotopic (exact) mass is 259 g/mol. The average molecular weight is 261 g/mol. The maximum Gasteiger partial charge on any atom is 0.241 e. The molecule has 0 atom stereocenters. The van der Waals surface area contributed by atoms with Crippen molar-refractivity contribution in [2.45, 2.75) is 0 Å². The molecular weight excluding hydrogens is 253 g/mol. The summed E-state index contributed by atoms with van der Waals surface area (Å²) >= 11 is 9.13. The van der Waals surface area contributed by atoms with Crippen LogP contribution in [0.15, 0.2) is 28.7 Å². The van der Waals surface area contributed by atoms with Gasteiger partial charge in [-0.1, -0.05) is 23.7 Å². The topological polar surface area (TPSA) is 43.1 Å². The summed E-state index contributed by atoms with van der Waals surface area (Å²) in [6, 6.07) is 5.39. The van der Waals surface area contributed by atoms with Crippen LogP contribution in [0.25, 0.3) is 6.08 Å². The third kappa shape index (κ3) is 2.86. The third-order valence-corrected chi connectivity index (χ3v) is 2.84. The van der Waals surface area contributed by atoms with Crippen LogP contribution in [0.5, 0.6) is 0 Å². The maximum absolute atomic E-state index is 10.5. The molecule has 1 aromatic carbocycles. The number of rotatable bonds is 2. The number of hydrogen-bond acceptors (Lipinski definition) is 1. The van der Waals surface area contributed by atoms with E-state index in [2.05, 4.69) is 15.9 Å². The number of primary amides is 1. The molecule has 0 saturated heterocycles. The fraction of sp³-hybridized carbons (Fsp3) is 0. The summed E-state index contributed by atoms with van der Waals surface area (Å²) in [5, 5.41) is 0.603. The van der Waals surface area contributed by atoms with Crippen LogP contribution in [0.1, 0.15) is 5.56 Å². The van der Waals surface area contributed by atoms with Crippen molar-refractivity contribution >= 4 is 39.5 Å². The molecule has 0 heterocycles. The molecule has 4 heteroatoms. The maximum atomic E-state index is 10.5. The van der Waals surface area contributed by atoms with Crippen LogP contribution in [-0.4, -0.2) is 5.91 Å². The molecule has 0 aromatic heterocycles. The second kappa shape index (κ2) is 4.44. The molecule has 1 amide bonds. The Morgan fingerprint density at radius 2 is 2.23 bits per heavy atom. The Bertz CT molecular complexity index is 363. The Kier molecular flexibility index (Phi) is 3.51. The smallest absolute Gasteiger partial charge is 0.241 e. The van der Waals surface area contributed by atoms with Crippen molar-refractivity contribution in [1.29, 1.82) is 0 Å². The van der Waals surface area contributed by atoms with E-state index in [4.69, 9.17) is 17.3 Å². The van der Waals surface area contributed by atoms with Gasteiger partial charge in [0.2, 0.25) is 5.91 Å². The molecule has 0 unspecified atom stereocenters. The van der Waals surface area contributed by atoms with Crippen molar-refractivity contribution in [3.05, 3.63) is 39.3 Å². The normalized spacial score (nSPS) is 10.6. The number of carbonyl (C=O) groups is 1. The molecular formula is C9H7BrClNO. The van der Waals surface area contributed by atoms with E-state index >= 15 is 0 Å². The van der Waals surface area contributed by atoms with Gasteiger partial charge in [0.15, 0.2) is 0 Å². The van der Waals surface area contributed by atoms with Gasteiger partial charge in [-0.3, -0.25) is 4.79 Å². The Hall–Kier alpha value is -0.800. The van der Waals surface area contributed by atoms with Gasteiger partial charge in [0, 0.05) is 10.5 Å². The first-order chi connectivity index (χ1) is 6.11. The first-order valence-electron chi connectivity index (χ1n) is 3.53. The van der Waals surface area contributed by atoms with Gasteiger partial charge < -0.3 is 5.73 Å². The van der Waals surface area contributed by atoms with Crippen molar-refractivity contribution in [2.75, 3.05) is 0 Å². The number of carbonyl (C=O) groups excluding carboxylic acids is 1. The number of hydrogen-bond donors (Lipinski definition) is 1. The Morgan fingerprint density at radius 1 is 1.54 bits per heavy atom. The lowest BCUT2D eigenvalue weighted by Crippen LogP contribution is -2.05. The van der Waals surface area contributed by atoms with Gasteiger partial charge in [0.25, 0.3) is 0 Å². The summed E-state index contributed by atoms with van der Waals surface area (Å²) in [6.07, 6.45) is 2.90. The molecule has 0 aliphatic heterocycles. The number of halogens is 2. The van der Waals surface area contributed by atoms with E-state index in [1.165, 1.54) is 6.08 Å². The van der Waals surface area contributed by atoms with Crippen molar-refractivity contribution in [3.8, 4) is 0 Å². The lowest BCUT2D eigenvalue weighted by atomic mass is 10.2. The summed E-state index contributed by atoms with van der Waals surface area (Å²) in [5.74, 6) is -0.480. The Labute approximate surface area is 89.5 Å². The van der Waals surface area contributed by atoms with Crippen molar-refractivity contribution in [2.24, 2.45) is 5.73 Å². The molecule has 1 aromatic rings. The molecule has 2 N–H and O–H groups in total. The quantitative estimate of drug-likeness (QED) is 0.816. The molecule has 0 spiro atoms. The molecule has 1 rings (SSSR count). The molecule has 0 saturated carbocycles. The molecule has 0 aliphatic rings.